The van der Waals surface area contributed by atoms with Crippen LogP contribution in [-0.4, -0.2) is 37.1 Å². The highest BCUT2D eigenvalue weighted by molar-refractivity contribution is 6.51. The van der Waals surface area contributed by atoms with Gasteiger partial charge in [-0.15, -0.1) is 0 Å². The molecule has 1 saturated heterocycles. The van der Waals surface area contributed by atoms with Crippen molar-refractivity contribution in [2.45, 2.75) is 32.2 Å². The van der Waals surface area contributed by atoms with E-state index in [1.807, 2.05) is 42.5 Å². The van der Waals surface area contributed by atoms with Gasteiger partial charge < -0.3 is 19.3 Å². The lowest BCUT2D eigenvalue weighted by Gasteiger charge is -2.27. The molecule has 0 bridgehead atoms. The SMILES string of the molecule is COc1ccc(C(C)(C)C)cc1/C(O)=C1\C(=O)C(=O)N(c2ccc3c(c2)OCCO3)C1c1ccccc1. The molecule has 5 rings (SSSR count). The third-order valence-electron chi connectivity index (χ3n) is 6.68. The molecule has 1 atom stereocenters. The van der Waals surface area contributed by atoms with E-state index in [9.17, 15) is 14.7 Å². The molecule has 1 unspecified atom stereocenters. The number of anilines is 1. The van der Waals surface area contributed by atoms with Gasteiger partial charge in [0.15, 0.2) is 11.5 Å². The van der Waals surface area contributed by atoms with Crippen LogP contribution >= 0.6 is 0 Å². The zero-order valence-electron chi connectivity index (χ0n) is 21.3. The lowest BCUT2D eigenvalue weighted by molar-refractivity contribution is -0.132. The average Bonchev–Trinajstić information content (AvgIpc) is 3.17. The molecule has 1 amide bonds. The van der Waals surface area contributed by atoms with Crippen molar-refractivity contribution in [1.29, 1.82) is 0 Å². The number of aliphatic hydroxyl groups is 1. The standard InChI is InChI=1S/C30H29NO6/c1-30(2,3)19-10-12-22(35-4)21(16-19)27(32)25-26(18-8-6-5-7-9-18)31(29(34)28(25)33)20-11-13-23-24(17-20)37-15-14-36-23/h5-13,16-17,26,32H,14-15H2,1-4H3/b27-25+. The molecule has 7 heteroatoms. The van der Waals surface area contributed by atoms with Gasteiger partial charge in [0.2, 0.25) is 0 Å². The minimum atomic E-state index is -0.855. The Morgan fingerprint density at radius 3 is 2.32 bits per heavy atom. The number of hydrogen-bond donors (Lipinski definition) is 1. The van der Waals surface area contributed by atoms with E-state index in [1.54, 1.807) is 24.3 Å². The number of ketones is 1. The maximum Gasteiger partial charge on any atom is 0.300 e. The third-order valence-corrected chi connectivity index (χ3v) is 6.68. The van der Waals surface area contributed by atoms with Gasteiger partial charge in [-0.1, -0.05) is 57.2 Å². The number of fused-ring (bicyclic) bond motifs is 1. The predicted molar refractivity (Wildman–Crippen MR) is 140 cm³/mol. The van der Waals surface area contributed by atoms with Gasteiger partial charge in [-0.05, 0) is 40.8 Å². The zero-order chi connectivity index (χ0) is 26.3. The Morgan fingerprint density at radius 2 is 1.65 bits per heavy atom. The van der Waals surface area contributed by atoms with E-state index in [-0.39, 0.29) is 16.7 Å². The number of carbonyl (C=O) groups excluding carboxylic acids is 2. The van der Waals surface area contributed by atoms with Gasteiger partial charge in [-0.2, -0.15) is 0 Å². The van der Waals surface area contributed by atoms with Crippen LogP contribution in [0.1, 0.15) is 43.5 Å². The van der Waals surface area contributed by atoms with Crippen molar-refractivity contribution < 1.29 is 28.9 Å². The molecule has 1 fully saturated rings. The molecule has 2 aliphatic rings. The van der Waals surface area contributed by atoms with Crippen LogP contribution in [0.25, 0.3) is 5.76 Å². The third kappa shape index (κ3) is 4.31. The number of benzene rings is 3. The van der Waals surface area contributed by atoms with E-state index in [1.165, 1.54) is 12.0 Å². The van der Waals surface area contributed by atoms with Gasteiger partial charge in [-0.3, -0.25) is 14.5 Å². The molecule has 0 spiro atoms. The quantitative estimate of drug-likeness (QED) is 0.294. The molecule has 37 heavy (non-hydrogen) atoms. The first-order valence-electron chi connectivity index (χ1n) is 12.1. The molecule has 2 aliphatic heterocycles. The zero-order valence-corrected chi connectivity index (χ0v) is 21.3. The minimum Gasteiger partial charge on any atom is -0.507 e. The van der Waals surface area contributed by atoms with Gasteiger partial charge in [0.25, 0.3) is 11.7 Å². The van der Waals surface area contributed by atoms with Crippen LogP contribution in [-0.2, 0) is 15.0 Å². The summed E-state index contributed by atoms with van der Waals surface area (Å²) in [4.78, 5) is 28.5. The molecule has 7 nitrogen and oxygen atoms in total. The molecule has 0 radical (unpaired) electrons. The number of rotatable bonds is 4. The first-order valence-corrected chi connectivity index (χ1v) is 12.1. The van der Waals surface area contributed by atoms with E-state index in [0.717, 1.165) is 5.56 Å². The molecule has 3 aromatic carbocycles. The molecule has 190 valence electrons. The fourth-order valence-corrected chi connectivity index (χ4v) is 4.74. The summed E-state index contributed by atoms with van der Waals surface area (Å²) in [5, 5.41) is 11.7. The summed E-state index contributed by atoms with van der Waals surface area (Å²) in [5.41, 5.74) is 2.25. The average molecular weight is 500 g/mol. The number of nitrogens with zero attached hydrogens (tertiary/aromatic N) is 1. The van der Waals surface area contributed by atoms with Crippen LogP contribution in [0.15, 0.2) is 72.3 Å². The fourth-order valence-electron chi connectivity index (χ4n) is 4.74. The second-order valence-corrected chi connectivity index (χ2v) is 10.1. The molecule has 2 heterocycles. The van der Waals surface area contributed by atoms with Crippen LogP contribution < -0.4 is 19.1 Å². The number of methoxy groups -OCH3 is 1. The Balaban J connectivity index is 1.72. The van der Waals surface area contributed by atoms with Crippen molar-refractivity contribution in [2.24, 2.45) is 0 Å². The summed E-state index contributed by atoms with van der Waals surface area (Å²) in [6.45, 7) is 7.01. The minimum absolute atomic E-state index is 0.00421. The maximum absolute atomic E-state index is 13.6. The largest absolute Gasteiger partial charge is 0.507 e. The monoisotopic (exact) mass is 499 g/mol. The molecular weight excluding hydrogens is 470 g/mol. The Hall–Kier alpha value is -4.26. The Labute approximate surface area is 215 Å². The van der Waals surface area contributed by atoms with Crippen molar-refractivity contribution in [3.8, 4) is 17.2 Å². The number of Topliss-reactive ketones (excluding diaryl/α,β-unsaturated/α-hetero) is 1. The van der Waals surface area contributed by atoms with Crippen LogP contribution in [0, 0.1) is 0 Å². The molecule has 0 saturated carbocycles. The van der Waals surface area contributed by atoms with Crippen LogP contribution in [0.2, 0.25) is 0 Å². The first kappa shape index (κ1) is 24.4. The van der Waals surface area contributed by atoms with Crippen LogP contribution in [0.5, 0.6) is 17.2 Å². The van der Waals surface area contributed by atoms with Crippen LogP contribution in [0.4, 0.5) is 5.69 Å². The molecule has 0 aliphatic carbocycles. The normalized spacial score (nSPS) is 18.7. The van der Waals surface area contributed by atoms with E-state index in [0.29, 0.717) is 47.3 Å². The molecule has 3 aromatic rings. The predicted octanol–water partition coefficient (Wildman–Crippen LogP) is 5.39. The van der Waals surface area contributed by atoms with Gasteiger partial charge in [0, 0.05) is 11.8 Å². The molecule has 1 N–H and O–H groups in total. The summed E-state index contributed by atoms with van der Waals surface area (Å²) in [6.07, 6.45) is 0. The highest BCUT2D eigenvalue weighted by atomic mass is 16.6. The molecule has 0 aromatic heterocycles. The van der Waals surface area contributed by atoms with E-state index in [2.05, 4.69) is 20.8 Å². The second kappa shape index (κ2) is 9.32. The fraction of sp³-hybridized carbons (Fsp3) is 0.267. The number of aliphatic hydroxyl groups excluding tert-OH is 1. The Kier molecular flexibility index (Phi) is 6.15. The van der Waals surface area contributed by atoms with Crippen LogP contribution in [0.3, 0.4) is 0 Å². The van der Waals surface area contributed by atoms with E-state index < -0.39 is 17.7 Å². The summed E-state index contributed by atoms with van der Waals surface area (Å²) in [7, 11) is 1.51. The summed E-state index contributed by atoms with van der Waals surface area (Å²) >= 11 is 0. The molecular formula is C30H29NO6. The summed E-state index contributed by atoms with van der Waals surface area (Å²) in [6, 6.07) is 19.0. The first-order chi connectivity index (χ1) is 17.7. The van der Waals surface area contributed by atoms with E-state index in [4.69, 9.17) is 14.2 Å². The van der Waals surface area contributed by atoms with Crippen molar-refractivity contribution in [1.82, 2.24) is 0 Å². The Morgan fingerprint density at radius 1 is 0.946 bits per heavy atom. The van der Waals surface area contributed by atoms with Crippen molar-refractivity contribution >= 4 is 23.1 Å². The summed E-state index contributed by atoms with van der Waals surface area (Å²) in [5.74, 6) is -0.316. The van der Waals surface area contributed by atoms with Gasteiger partial charge in [0.1, 0.15) is 24.7 Å². The van der Waals surface area contributed by atoms with Crippen molar-refractivity contribution in [3.05, 3.63) is 89.0 Å². The van der Waals surface area contributed by atoms with Gasteiger partial charge in [-0.25, -0.2) is 0 Å². The smallest absolute Gasteiger partial charge is 0.300 e. The number of ether oxygens (including phenoxy) is 3. The number of carbonyl (C=O) groups is 2. The lowest BCUT2D eigenvalue weighted by atomic mass is 9.85. The van der Waals surface area contributed by atoms with Gasteiger partial charge in [0.05, 0.1) is 24.3 Å². The lowest BCUT2D eigenvalue weighted by Crippen LogP contribution is -2.29. The second-order valence-electron chi connectivity index (χ2n) is 10.1. The Bertz CT molecular complexity index is 1400. The summed E-state index contributed by atoms with van der Waals surface area (Å²) < 4.78 is 16.9. The highest BCUT2D eigenvalue weighted by Gasteiger charge is 2.47. The van der Waals surface area contributed by atoms with Gasteiger partial charge >= 0.3 is 0 Å². The van der Waals surface area contributed by atoms with E-state index >= 15 is 0 Å². The maximum atomic E-state index is 13.6. The topological polar surface area (TPSA) is 85.3 Å². The highest BCUT2D eigenvalue weighted by Crippen LogP contribution is 2.45. The van der Waals surface area contributed by atoms with Crippen molar-refractivity contribution in [3.63, 3.8) is 0 Å². The van der Waals surface area contributed by atoms with Crippen molar-refractivity contribution in [2.75, 3.05) is 25.2 Å². The number of hydrogen-bond acceptors (Lipinski definition) is 6. The number of amides is 1.